The number of hydrogen-bond donors (Lipinski definition) is 0. The van der Waals surface area contributed by atoms with Gasteiger partial charge in [0.15, 0.2) is 4.87 Å². The Morgan fingerprint density at radius 2 is 1.85 bits per heavy atom. The Hall–Kier alpha value is -2.68. The van der Waals surface area contributed by atoms with E-state index in [-0.39, 0.29) is 24.3 Å². The van der Waals surface area contributed by atoms with Crippen molar-refractivity contribution in [1.82, 2.24) is 4.90 Å². The van der Waals surface area contributed by atoms with Crippen molar-refractivity contribution < 1.29 is 27.5 Å². The fraction of sp³-hybridized carbons (Fsp3) is 0.440. The zero-order chi connectivity index (χ0) is 24.1. The minimum Gasteiger partial charge on any atom is -0.497 e. The van der Waals surface area contributed by atoms with Gasteiger partial charge in [0.1, 0.15) is 5.75 Å². The second-order valence-corrected chi connectivity index (χ2v) is 10.2. The Labute approximate surface area is 200 Å². The molecule has 0 aromatic heterocycles. The summed E-state index contributed by atoms with van der Waals surface area (Å²) in [6.07, 6.45) is -0.711. The summed E-state index contributed by atoms with van der Waals surface area (Å²) in [5.41, 5.74) is 1.21. The predicted molar refractivity (Wildman–Crippen MR) is 123 cm³/mol. The van der Waals surface area contributed by atoms with Gasteiger partial charge < -0.3 is 14.5 Å². The summed E-state index contributed by atoms with van der Waals surface area (Å²) in [7, 11) is 1.55. The lowest BCUT2D eigenvalue weighted by Gasteiger charge is -2.35. The van der Waals surface area contributed by atoms with Gasteiger partial charge in [0.25, 0.3) is 5.91 Å². The number of anilines is 1. The van der Waals surface area contributed by atoms with Crippen LogP contribution in [0.1, 0.15) is 42.4 Å². The van der Waals surface area contributed by atoms with Crippen LogP contribution >= 0.6 is 11.8 Å². The molecule has 2 fully saturated rings. The van der Waals surface area contributed by atoms with Crippen molar-refractivity contribution in [2.75, 3.05) is 24.3 Å². The summed E-state index contributed by atoms with van der Waals surface area (Å²) in [6, 6.07) is 10.2. The van der Waals surface area contributed by atoms with Crippen LogP contribution in [-0.2, 0) is 27.2 Å². The van der Waals surface area contributed by atoms with E-state index in [1.807, 2.05) is 6.07 Å². The number of carbonyl (C=O) groups is 2. The number of alkyl halides is 3. The lowest BCUT2D eigenvalue weighted by molar-refractivity contribution is -0.143. The average Bonchev–Trinajstić information content (AvgIpc) is 3.56. The van der Waals surface area contributed by atoms with E-state index in [1.165, 1.54) is 23.9 Å². The van der Waals surface area contributed by atoms with Gasteiger partial charge in [-0.25, -0.2) is 0 Å². The van der Waals surface area contributed by atoms with Gasteiger partial charge in [-0.3, -0.25) is 9.59 Å². The first-order valence-electron chi connectivity index (χ1n) is 11.4. The molecule has 0 N–H and O–H groups in total. The highest BCUT2D eigenvalue weighted by Crippen LogP contribution is 2.56. The first-order chi connectivity index (χ1) is 16.3. The fourth-order valence-electron chi connectivity index (χ4n) is 5.27. The standard InChI is InChI=1S/C25H25F3N2O3S/c1-33-19-10-11-21-20(14-19)24(30(12-13-34-24)22(31)17-4-2-3-5-17)23(32)29(21)15-16-6-8-18(9-7-16)25(26,27)28/h6-11,14,17H,2-5,12-13,15H2,1H3/t24-/m1/s1. The molecule has 1 saturated carbocycles. The number of nitrogens with zero attached hydrogens (tertiary/aromatic N) is 2. The molecule has 180 valence electrons. The quantitative estimate of drug-likeness (QED) is 0.593. The van der Waals surface area contributed by atoms with E-state index < -0.39 is 16.6 Å². The van der Waals surface area contributed by atoms with Gasteiger partial charge in [0.05, 0.1) is 24.9 Å². The van der Waals surface area contributed by atoms with Crippen LogP contribution < -0.4 is 9.64 Å². The molecule has 5 nitrogen and oxygen atoms in total. The van der Waals surface area contributed by atoms with Crippen molar-refractivity contribution in [2.45, 2.75) is 43.3 Å². The zero-order valence-electron chi connectivity index (χ0n) is 18.7. The molecule has 1 atom stereocenters. The largest absolute Gasteiger partial charge is 0.497 e. The fourth-order valence-corrected chi connectivity index (χ4v) is 6.73. The molecule has 2 heterocycles. The molecule has 2 aliphatic heterocycles. The number of thioether (sulfide) groups is 1. The summed E-state index contributed by atoms with van der Waals surface area (Å²) in [6.45, 7) is 0.598. The highest BCUT2D eigenvalue weighted by Gasteiger charge is 2.60. The predicted octanol–water partition coefficient (Wildman–Crippen LogP) is 5.18. The van der Waals surface area contributed by atoms with Crippen molar-refractivity contribution in [3.05, 3.63) is 59.2 Å². The maximum atomic E-state index is 14.0. The van der Waals surface area contributed by atoms with E-state index >= 15 is 0 Å². The molecule has 0 radical (unpaired) electrons. The van der Waals surface area contributed by atoms with Gasteiger partial charge >= 0.3 is 6.18 Å². The van der Waals surface area contributed by atoms with Crippen LogP contribution in [-0.4, -0.2) is 36.1 Å². The van der Waals surface area contributed by atoms with E-state index in [4.69, 9.17) is 4.74 Å². The highest BCUT2D eigenvalue weighted by molar-refractivity contribution is 8.01. The number of halogens is 3. The molecule has 9 heteroatoms. The Balaban J connectivity index is 1.53. The Morgan fingerprint density at radius 1 is 1.15 bits per heavy atom. The van der Waals surface area contributed by atoms with Crippen LogP contribution in [0, 0.1) is 5.92 Å². The molecule has 3 aliphatic rings. The number of methoxy groups -OCH3 is 1. The summed E-state index contributed by atoms with van der Waals surface area (Å²) >= 11 is 1.45. The van der Waals surface area contributed by atoms with Gasteiger partial charge in [-0.1, -0.05) is 25.0 Å². The van der Waals surface area contributed by atoms with Crippen LogP contribution in [0.2, 0.25) is 0 Å². The van der Waals surface area contributed by atoms with Crippen molar-refractivity contribution in [3.8, 4) is 5.75 Å². The topological polar surface area (TPSA) is 49.9 Å². The summed E-state index contributed by atoms with van der Waals surface area (Å²) < 4.78 is 44.4. The average molecular weight is 491 g/mol. The minimum atomic E-state index is -4.42. The second kappa shape index (κ2) is 8.52. The third kappa shape index (κ3) is 3.65. The number of fused-ring (bicyclic) bond motifs is 2. The second-order valence-electron chi connectivity index (χ2n) is 8.93. The van der Waals surface area contributed by atoms with Gasteiger partial charge in [-0.05, 0) is 48.7 Å². The van der Waals surface area contributed by atoms with Crippen LogP contribution in [0.25, 0.3) is 0 Å². The Bertz CT molecular complexity index is 1120. The van der Waals surface area contributed by atoms with E-state index in [2.05, 4.69) is 0 Å². The van der Waals surface area contributed by atoms with Crippen LogP contribution in [0.5, 0.6) is 5.75 Å². The third-order valence-corrected chi connectivity index (χ3v) is 8.41. The molecule has 34 heavy (non-hydrogen) atoms. The Morgan fingerprint density at radius 3 is 2.50 bits per heavy atom. The van der Waals surface area contributed by atoms with Crippen molar-refractivity contribution in [1.29, 1.82) is 0 Å². The van der Waals surface area contributed by atoms with E-state index in [9.17, 15) is 22.8 Å². The maximum absolute atomic E-state index is 14.0. The van der Waals surface area contributed by atoms with Crippen LogP contribution in [0.15, 0.2) is 42.5 Å². The van der Waals surface area contributed by atoms with Gasteiger partial charge in [-0.15, -0.1) is 11.8 Å². The highest BCUT2D eigenvalue weighted by atomic mass is 32.2. The normalized spacial score (nSPS) is 22.6. The Kier molecular flexibility index (Phi) is 5.78. The van der Waals surface area contributed by atoms with Gasteiger partial charge in [0, 0.05) is 23.8 Å². The summed E-state index contributed by atoms with van der Waals surface area (Å²) in [4.78, 5) is 29.7. The molecule has 2 aromatic carbocycles. The molecule has 2 amide bonds. The number of amides is 2. The van der Waals surface area contributed by atoms with Crippen LogP contribution in [0.3, 0.4) is 0 Å². The van der Waals surface area contributed by atoms with Gasteiger partial charge in [-0.2, -0.15) is 13.2 Å². The maximum Gasteiger partial charge on any atom is 0.416 e. The minimum absolute atomic E-state index is 0.0148. The van der Waals surface area contributed by atoms with E-state index in [0.29, 0.717) is 34.9 Å². The monoisotopic (exact) mass is 490 g/mol. The van der Waals surface area contributed by atoms with Crippen molar-refractivity contribution >= 4 is 29.3 Å². The van der Waals surface area contributed by atoms with Crippen molar-refractivity contribution in [3.63, 3.8) is 0 Å². The number of carbonyl (C=O) groups excluding carboxylic acids is 2. The van der Waals surface area contributed by atoms with Crippen molar-refractivity contribution in [2.24, 2.45) is 5.92 Å². The molecule has 0 unspecified atom stereocenters. The zero-order valence-corrected chi connectivity index (χ0v) is 19.5. The number of ether oxygens (including phenoxy) is 1. The first-order valence-corrected chi connectivity index (χ1v) is 12.4. The van der Waals surface area contributed by atoms with E-state index in [0.717, 1.165) is 37.8 Å². The summed E-state index contributed by atoms with van der Waals surface area (Å²) in [5, 5.41) is 0. The number of benzene rings is 2. The lowest BCUT2D eigenvalue weighted by Crippen LogP contribution is -2.51. The molecule has 1 aliphatic carbocycles. The molecular formula is C25H25F3N2O3S. The molecule has 2 aromatic rings. The molecule has 5 rings (SSSR count). The molecule has 0 bridgehead atoms. The lowest BCUT2D eigenvalue weighted by atomic mass is 10.0. The SMILES string of the molecule is COc1ccc2c(c1)[C@@]1(SCCN1C(=O)C1CCCC1)C(=O)N2Cc1ccc(C(F)(F)F)cc1. The first kappa shape index (κ1) is 23.1. The van der Waals surface area contributed by atoms with Gasteiger partial charge in [0.2, 0.25) is 5.91 Å². The molecular weight excluding hydrogens is 465 g/mol. The molecule has 1 spiro atoms. The number of hydrogen-bond acceptors (Lipinski definition) is 4. The van der Waals surface area contributed by atoms with Crippen LogP contribution in [0.4, 0.5) is 18.9 Å². The molecule has 1 saturated heterocycles. The van der Waals surface area contributed by atoms with E-state index in [1.54, 1.807) is 29.0 Å². The smallest absolute Gasteiger partial charge is 0.416 e. The number of rotatable bonds is 4. The third-order valence-electron chi connectivity index (χ3n) is 6.99. The summed E-state index contributed by atoms with van der Waals surface area (Å²) in [5.74, 6) is 0.935.